The standard InChI is InChI=1S/C14H29NO2/c1-12(2)8-9-15-10-13(16)11-17-14-6-4-3-5-7-14/h12-16H,3-11H2,1-2H3. The predicted molar refractivity (Wildman–Crippen MR) is 71.2 cm³/mol. The number of rotatable bonds is 8. The molecule has 102 valence electrons. The van der Waals surface area contributed by atoms with Gasteiger partial charge in [0, 0.05) is 6.54 Å². The Bertz CT molecular complexity index is 179. The molecule has 17 heavy (non-hydrogen) atoms. The van der Waals surface area contributed by atoms with Crippen LogP contribution < -0.4 is 5.32 Å². The molecule has 0 radical (unpaired) electrons. The van der Waals surface area contributed by atoms with Gasteiger partial charge in [-0.25, -0.2) is 0 Å². The van der Waals surface area contributed by atoms with Crippen LogP contribution in [-0.4, -0.2) is 37.0 Å². The van der Waals surface area contributed by atoms with Gasteiger partial charge in [0.15, 0.2) is 0 Å². The Morgan fingerprint density at radius 1 is 1.24 bits per heavy atom. The van der Waals surface area contributed by atoms with E-state index in [9.17, 15) is 5.11 Å². The fraction of sp³-hybridized carbons (Fsp3) is 1.00. The normalized spacial score (nSPS) is 19.8. The first-order chi connectivity index (χ1) is 8.18. The molecule has 1 rings (SSSR count). The van der Waals surface area contributed by atoms with Crippen LogP contribution in [-0.2, 0) is 4.74 Å². The number of aliphatic hydroxyl groups excluding tert-OH is 1. The fourth-order valence-electron chi connectivity index (χ4n) is 2.20. The molecule has 0 aliphatic heterocycles. The maximum absolute atomic E-state index is 9.76. The summed E-state index contributed by atoms with van der Waals surface area (Å²) in [5.74, 6) is 0.720. The largest absolute Gasteiger partial charge is 0.389 e. The van der Waals surface area contributed by atoms with Gasteiger partial charge in [-0.1, -0.05) is 33.1 Å². The molecule has 1 aliphatic rings. The second-order valence-electron chi connectivity index (χ2n) is 5.63. The van der Waals surface area contributed by atoms with Crippen molar-refractivity contribution in [3.05, 3.63) is 0 Å². The predicted octanol–water partition coefficient (Wildman–Crippen LogP) is 2.33. The molecule has 1 saturated carbocycles. The highest BCUT2D eigenvalue weighted by atomic mass is 16.5. The van der Waals surface area contributed by atoms with E-state index in [0.29, 0.717) is 19.3 Å². The summed E-state index contributed by atoms with van der Waals surface area (Å²) in [5, 5.41) is 13.0. The minimum absolute atomic E-state index is 0.357. The van der Waals surface area contributed by atoms with Crippen LogP contribution in [0.4, 0.5) is 0 Å². The minimum Gasteiger partial charge on any atom is -0.389 e. The lowest BCUT2D eigenvalue weighted by molar-refractivity contribution is -0.0229. The molecule has 0 amide bonds. The molecule has 1 unspecified atom stereocenters. The molecule has 0 aromatic heterocycles. The van der Waals surface area contributed by atoms with E-state index in [1.165, 1.54) is 32.1 Å². The van der Waals surface area contributed by atoms with Gasteiger partial charge in [-0.2, -0.15) is 0 Å². The number of hydrogen-bond acceptors (Lipinski definition) is 3. The highest BCUT2D eigenvalue weighted by Gasteiger charge is 2.15. The summed E-state index contributed by atoms with van der Waals surface area (Å²) >= 11 is 0. The number of aliphatic hydroxyl groups is 1. The lowest BCUT2D eigenvalue weighted by Crippen LogP contribution is -2.33. The summed E-state index contributed by atoms with van der Waals surface area (Å²) in [5.41, 5.74) is 0. The zero-order valence-electron chi connectivity index (χ0n) is 11.5. The molecule has 1 aliphatic carbocycles. The van der Waals surface area contributed by atoms with E-state index < -0.39 is 0 Å². The Morgan fingerprint density at radius 2 is 1.94 bits per heavy atom. The molecule has 0 heterocycles. The molecular weight excluding hydrogens is 214 g/mol. The Morgan fingerprint density at radius 3 is 2.59 bits per heavy atom. The first-order valence-corrected chi connectivity index (χ1v) is 7.19. The Balaban J connectivity index is 1.94. The first kappa shape index (κ1) is 14.9. The van der Waals surface area contributed by atoms with Gasteiger partial charge in [0.1, 0.15) is 0 Å². The summed E-state index contributed by atoms with van der Waals surface area (Å²) < 4.78 is 5.73. The zero-order valence-corrected chi connectivity index (χ0v) is 11.5. The third-order valence-electron chi connectivity index (χ3n) is 3.35. The molecule has 0 saturated heterocycles. The van der Waals surface area contributed by atoms with Crippen LogP contribution >= 0.6 is 0 Å². The van der Waals surface area contributed by atoms with Gasteiger partial charge in [-0.05, 0) is 31.7 Å². The Hall–Kier alpha value is -0.120. The van der Waals surface area contributed by atoms with Gasteiger partial charge < -0.3 is 15.2 Å². The minimum atomic E-state index is -0.357. The van der Waals surface area contributed by atoms with Crippen molar-refractivity contribution in [1.82, 2.24) is 5.32 Å². The van der Waals surface area contributed by atoms with Gasteiger partial charge in [0.25, 0.3) is 0 Å². The van der Waals surface area contributed by atoms with E-state index in [1.807, 2.05) is 0 Å². The summed E-state index contributed by atoms with van der Waals surface area (Å²) in [7, 11) is 0. The van der Waals surface area contributed by atoms with Crippen molar-refractivity contribution in [1.29, 1.82) is 0 Å². The zero-order chi connectivity index (χ0) is 12.5. The average molecular weight is 243 g/mol. The van der Waals surface area contributed by atoms with Crippen molar-refractivity contribution in [2.75, 3.05) is 19.7 Å². The highest BCUT2D eigenvalue weighted by molar-refractivity contribution is 4.67. The van der Waals surface area contributed by atoms with E-state index in [0.717, 1.165) is 18.9 Å². The lowest BCUT2D eigenvalue weighted by atomic mass is 9.98. The third kappa shape index (κ3) is 7.74. The van der Waals surface area contributed by atoms with Crippen LogP contribution in [0.3, 0.4) is 0 Å². The average Bonchev–Trinajstić information content (AvgIpc) is 2.33. The third-order valence-corrected chi connectivity index (χ3v) is 3.35. The van der Waals surface area contributed by atoms with Gasteiger partial charge >= 0.3 is 0 Å². The summed E-state index contributed by atoms with van der Waals surface area (Å²) in [6.07, 6.45) is 7.47. The van der Waals surface area contributed by atoms with E-state index in [-0.39, 0.29) is 6.10 Å². The van der Waals surface area contributed by atoms with E-state index >= 15 is 0 Å². The summed E-state index contributed by atoms with van der Waals surface area (Å²) in [6, 6.07) is 0. The maximum Gasteiger partial charge on any atom is 0.0897 e. The first-order valence-electron chi connectivity index (χ1n) is 7.19. The molecule has 3 heteroatoms. The van der Waals surface area contributed by atoms with Crippen LogP contribution in [0.5, 0.6) is 0 Å². The quantitative estimate of drug-likeness (QED) is 0.643. The Labute approximate surface area is 106 Å². The van der Waals surface area contributed by atoms with Crippen molar-refractivity contribution in [2.24, 2.45) is 5.92 Å². The fourth-order valence-corrected chi connectivity index (χ4v) is 2.20. The molecule has 2 N–H and O–H groups in total. The van der Waals surface area contributed by atoms with Crippen LogP contribution in [0.25, 0.3) is 0 Å². The van der Waals surface area contributed by atoms with Crippen LogP contribution in [0.2, 0.25) is 0 Å². The molecule has 1 atom stereocenters. The maximum atomic E-state index is 9.76. The lowest BCUT2D eigenvalue weighted by Gasteiger charge is -2.23. The molecular formula is C14H29NO2. The van der Waals surface area contributed by atoms with Crippen molar-refractivity contribution < 1.29 is 9.84 Å². The molecule has 1 fully saturated rings. The highest BCUT2D eigenvalue weighted by Crippen LogP contribution is 2.20. The van der Waals surface area contributed by atoms with Crippen molar-refractivity contribution in [2.45, 2.75) is 64.6 Å². The molecule has 0 aromatic rings. The van der Waals surface area contributed by atoms with Crippen molar-refractivity contribution in [3.8, 4) is 0 Å². The SMILES string of the molecule is CC(C)CCNCC(O)COC1CCCCC1. The number of hydrogen-bond donors (Lipinski definition) is 2. The Kier molecular flexibility index (Phi) is 7.82. The monoisotopic (exact) mass is 243 g/mol. The van der Waals surface area contributed by atoms with E-state index in [1.54, 1.807) is 0 Å². The van der Waals surface area contributed by atoms with Crippen molar-refractivity contribution >= 4 is 0 Å². The van der Waals surface area contributed by atoms with E-state index in [4.69, 9.17) is 4.74 Å². The van der Waals surface area contributed by atoms with Gasteiger partial charge in [-0.3, -0.25) is 0 Å². The van der Waals surface area contributed by atoms with Crippen LogP contribution in [0, 0.1) is 5.92 Å². The number of ether oxygens (including phenoxy) is 1. The second-order valence-corrected chi connectivity index (χ2v) is 5.63. The van der Waals surface area contributed by atoms with Crippen LogP contribution in [0.15, 0.2) is 0 Å². The van der Waals surface area contributed by atoms with Crippen molar-refractivity contribution in [3.63, 3.8) is 0 Å². The summed E-state index contributed by atoms with van der Waals surface area (Å²) in [4.78, 5) is 0. The topological polar surface area (TPSA) is 41.5 Å². The van der Waals surface area contributed by atoms with Gasteiger partial charge in [0.05, 0.1) is 18.8 Å². The second kappa shape index (κ2) is 8.90. The summed E-state index contributed by atoms with van der Waals surface area (Å²) in [6.45, 7) is 6.55. The molecule has 0 spiro atoms. The molecule has 0 aromatic carbocycles. The van der Waals surface area contributed by atoms with E-state index in [2.05, 4.69) is 19.2 Å². The van der Waals surface area contributed by atoms with Gasteiger partial charge in [-0.15, -0.1) is 0 Å². The smallest absolute Gasteiger partial charge is 0.0897 e. The molecule has 3 nitrogen and oxygen atoms in total. The van der Waals surface area contributed by atoms with Gasteiger partial charge in [0.2, 0.25) is 0 Å². The molecule has 0 bridgehead atoms. The van der Waals surface area contributed by atoms with Crippen LogP contribution in [0.1, 0.15) is 52.4 Å². The number of nitrogens with one attached hydrogen (secondary N) is 1.